The first-order valence-corrected chi connectivity index (χ1v) is 8.99. The first-order valence-electron chi connectivity index (χ1n) is 7.33. The van der Waals surface area contributed by atoms with Crippen molar-refractivity contribution >= 4 is 29.3 Å². The molecule has 0 bridgehead atoms. The Labute approximate surface area is 136 Å². The summed E-state index contributed by atoms with van der Waals surface area (Å²) in [7, 11) is 0. The van der Waals surface area contributed by atoms with Crippen molar-refractivity contribution in [2.24, 2.45) is 0 Å². The Morgan fingerprint density at radius 2 is 2.10 bits per heavy atom. The van der Waals surface area contributed by atoms with Gasteiger partial charge >= 0.3 is 0 Å². The Kier molecular flexibility index (Phi) is 5.20. The van der Waals surface area contributed by atoms with Gasteiger partial charge in [-0.25, -0.2) is 4.98 Å². The molecule has 1 saturated carbocycles. The minimum absolute atomic E-state index is 0.0456. The molecule has 21 heavy (non-hydrogen) atoms. The lowest BCUT2D eigenvalue weighted by molar-refractivity contribution is 0.0938. The zero-order chi connectivity index (χ0) is 15.6. The molecular weight excluding hydrogens is 304 g/mol. The highest BCUT2D eigenvalue weighted by atomic mass is 35.5. The van der Waals surface area contributed by atoms with Gasteiger partial charge in [-0.1, -0.05) is 38.8 Å². The predicted octanol–water partition coefficient (Wildman–Crippen LogP) is 4.05. The first-order chi connectivity index (χ1) is 9.81. The predicted molar refractivity (Wildman–Crippen MR) is 90.4 cm³/mol. The number of aromatic nitrogens is 1. The summed E-state index contributed by atoms with van der Waals surface area (Å²) in [5.74, 6) is -0.0456. The van der Waals surface area contributed by atoms with E-state index in [9.17, 15) is 4.79 Å². The third kappa shape index (κ3) is 4.13. The van der Waals surface area contributed by atoms with E-state index in [-0.39, 0.29) is 17.4 Å². The van der Waals surface area contributed by atoms with E-state index in [1.54, 1.807) is 6.07 Å². The van der Waals surface area contributed by atoms with Crippen molar-refractivity contribution in [3.63, 3.8) is 0 Å². The Morgan fingerprint density at radius 3 is 2.71 bits per heavy atom. The summed E-state index contributed by atoms with van der Waals surface area (Å²) < 4.78 is 0. The summed E-state index contributed by atoms with van der Waals surface area (Å²) in [5.41, 5.74) is 1.31. The monoisotopic (exact) mass is 326 g/mol. The fourth-order valence-corrected chi connectivity index (χ4v) is 3.78. The van der Waals surface area contributed by atoms with Gasteiger partial charge in [0.25, 0.3) is 5.91 Å². The van der Waals surface area contributed by atoms with Crippen LogP contribution in [0.3, 0.4) is 0 Å². The molecule has 0 aliphatic heterocycles. The Hall–Kier alpha value is -0.740. The van der Waals surface area contributed by atoms with Crippen LogP contribution in [0.1, 0.15) is 56.1 Å². The highest BCUT2D eigenvalue weighted by molar-refractivity contribution is 7.99. The number of halogens is 1. The van der Waals surface area contributed by atoms with Crippen LogP contribution in [0.2, 0.25) is 5.15 Å². The van der Waals surface area contributed by atoms with Gasteiger partial charge in [0.1, 0.15) is 5.15 Å². The molecule has 0 radical (unpaired) electrons. The van der Waals surface area contributed by atoms with Crippen molar-refractivity contribution in [1.82, 2.24) is 10.3 Å². The Morgan fingerprint density at radius 1 is 1.38 bits per heavy atom. The normalized spacial score (nSPS) is 22.3. The molecule has 1 heterocycles. The van der Waals surface area contributed by atoms with Crippen molar-refractivity contribution < 1.29 is 4.79 Å². The number of carbonyl (C=O) groups excluding carboxylic acids is 1. The molecule has 1 aromatic rings. The molecule has 5 heteroatoms. The average molecular weight is 327 g/mol. The summed E-state index contributed by atoms with van der Waals surface area (Å²) in [6.07, 6.45) is 5.52. The number of amides is 1. The minimum atomic E-state index is -0.130. The van der Waals surface area contributed by atoms with E-state index in [1.807, 2.05) is 17.8 Å². The van der Waals surface area contributed by atoms with Crippen molar-refractivity contribution in [1.29, 1.82) is 0 Å². The fourth-order valence-electron chi connectivity index (χ4n) is 2.64. The lowest BCUT2D eigenvalue weighted by Crippen LogP contribution is -2.38. The summed E-state index contributed by atoms with van der Waals surface area (Å²) >= 11 is 7.91. The molecule has 2 rings (SSSR count). The standard InChI is InChI=1S/C16H23ClN2OS/c1-16(2,3)13-8-10(9-14(17)19-13)15(20)18-11-6-5-7-12(11)21-4/h8-9,11-12H,5-7H2,1-4H3,(H,18,20). The lowest BCUT2D eigenvalue weighted by Gasteiger charge is -2.21. The molecule has 1 aliphatic rings. The zero-order valence-electron chi connectivity index (χ0n) is 13.1. The number of hydrogen-bond acceptors (Lipinski definition) is 3. The van der Waals surface area contributed by atoms with Crippen molar-refractivity contribution in [3.05, 3.63) is 28.5 Å². The van der Waals surface area contributed by atoms with Gasteiger partial charge in [0.05, 0.1) is 0 Å². The number of thioether (sulfide) groups is 1. The molecule has 0 saturated heterocycles. The van der Waals surface area contributed by atoms with Gasteiger partial charge in [-0.3, -0.25) is 4.79 Å². The summed E-state index contributed by atoms with van der Waals surface area (Å²) in [4.78, 5) is 16.8. The second-order valence-corrected chi connectivity index (χ2v) is 8.06. The van der Waals surface area contributed by atoms with Crippen molar-refractivity contribution in [3.8, 4) is 0 Å². The highest BCUT2D eigenvalue weighted by Crippen LogP contribution is 2.29. The van der Waals surface area contributed by atoms with E-state index in [0.29, 0.717) is 16.0 Å². The number of nitrogens with one attached hydrogen (secondary N) is 1. The largest absolute Gasteiger partial charge is 0.348 e. The molecule has 1 amide bonds. The molecule has 3 nitrogen and oxygen atoms in total. The molecule has 0 spiro atoms. The summed E-state index contributed by atoms with van der Waals surface area (Å²) in [5, 5.41) is 4.05. The fraction of sp³-hybridized carbons (Fsp3) is 0.625. The SMILES string of the molecule is CSC1CCCC1NC(=O)c1cc(Cl)nc(C(C)(C)C)c1. The van der Waals surface area contributed by atoms with Crippen LogP contribution in [-0.4, -0.2) is 28.4 Å². The highest BCUT2D eigenvalue weighted by Gasteiger charge is 2.28. The van der Waals surface area contributed by atoms with Crippen LogP contribution in [-0.2, 0) is 5.41 Å². The molecule has 116 valence electrons. The van der Waals surface area contributed by atoms with E-state index in [2.05, 4.69) is 37.3 Å². The molecular formula is C16H23ClN2OS. The third-order valence-corrected chi connectivity index (χ3v) is 5.26. The van der Waals surface area contributed by atoms with E-state index < -0.39 is 0 Å². The first kappa shape index (κ1) is 16.6. The van der Waals surface area contributed by atoms with Crippen LogP contribution in [0.25, 0.3) is 0 Å². The topological polar surface area (TPSA) is 42.0 Å². The van der Waals surface area contributed by atoms with Gasteiger partial charge in [0.2, 0.25) is 0 Å². The van der Waals surface area contributed by atoms with Crippen LogP contribution in [0.5, 0.6) is 0 Å². The summed E-state index contributed by atoms with van der Waals surface area (Å²) in [6.45, 7) is 6.19. The van der Waals surface area contributed by atoms with Crippen molar-refractivity contribution in [2.75, 3.05) is 6.26 Å². The van der Waals surface area contributed by atoms with E-state index >= 15 is 0 Å². The number of rotatable bonds is 3. The van der Waals surface area contributed by atoms with E-state index in [1.165, 1.54) is 12.8 Å². The van der Waals surface area contributed by atoms with Crippen LogP contribution >= 0.6 is 23.4 Å². The average Bonchev–Trinajstić information content (AvgIpc) is 2.84. The Bertz CT molecular complexity index is 527. The molecule has 1 aromatic heterocycles. The Balaban J connectivity index is 2.17. The number of nitrogens with zero attached hydrogens (tertiary/aromatic N) is 1. The van der Waals surface area contributed by atoms with Gasteiger partial charge < -0.3 is 5.32 Å². The molecule has 1 N–H and O–H groups in total. The molecule has 1 fully saturated rings. The van der Waals surface area contributed by atoms with Gasteiger partial charge in [0.15, 0.2) is 0 Å². The van der Waals surface area contributed by atoms with Gasteiger partial charge in [-0.15, -0.1) is 0 Å². The molecule has 1 aliphatic carbocycles. The maximum absolute atomic E-state index is 12.5. The quantitative estimate of drug-likeness (QED) is 0.852. The van der Waals surface area contributed by atoms with Crippen LogP contribution in [0, 0.1) is 0 Å². The van der Waals surface area contributed by atoms with Gasteiger partial charge in [0, 0.05) is 28.0 Å². The maximum Gasteiger partial charge on any atom is 0.251 e. The van der Waals surface area contributed by atoms with Crippen molar-refractivity contribution in [2.45, 2.75) is 56.7 Å². The molecule has 0 aromatic carbocycles. The minimum Gasteiger partial charge on any atom is -0.348 e. The summed E-state index contributed by atoms with van der Waals surface area (Å²) in [6, 6.07) is 3.76. The number of carbonyl (C=O) groups is 1. The van der Waals surface area contributed by atoms with Crippen LogP contribution in [0.4, 0.5) is 0 Å². The second-order valence-electron chi connectivity index (χ2n) is 6.60. The molecule has 2 unspecified atom stereocenters. The van der Waals surface area contributed by atoms with Gasteiger partial charge in [-0.05, 0) is 31.2 Å². The van der Waals surface area contributed by atoms with Crippen LogP contribution < -0.4 is 5.32 Å². The van der Waals surface area contributed by atoms with E-state index in [0.717, 1.165) is 12.1 Å². The number of pyridine rings is 1. The number of hydrogen-bond donors (Lipinski definition) is 1. The second kappa shape index (κ2) is 6.57. The third-order valence-electron chi connectivity index (χ3n) is 3.90. The van der Waals surface area contributed by atoms with E-state index in [4.69, 9.17) is 11.6 Å². The van der Waals surface area contributed by atoms with Gasteiger partial charge in [-0.2, -0.15) is 11.8 Å². The lowest BCUT2D eigenvalue weighted by atomic mass is 9.91. The zero-order valence-corrected chi connectivity index (χ0v) is 14.6. The van der Waals surface area contributed by atoms with Crippen LogP contribution in [0.15, 0.2) is 12.1 Å². The smallest absolute Gasteiger partial charge is 0.251 e. The maximum atomic E-state index is 12.5. The molecule has 2 atom stereocenters.